The number of benzene rings is 1. The molecule has 0 atom stereocenters. The summed E-state index contributed by atoms with van der Waals surface area (Å²) in [6.07, 6.45) is 0.494. The maximum absolute atomic E-state index is 13.7. The van der Waals surface area contributed by atoms with Crippen LogP contribution in [-0.2, 0) is 0 Å². The minimum Gasteiger partial charge on any atom is -0.491 e. The van der Waals surface area contributed by atoms with Gasteiger partial charge in [-0.1, -0.05) is 13.8 Å². The molecule has 1 aromatic rings. The monoisotopic (exact) mass is 239 g/mol. The highest BCUT2D eigenvalue weighted by Gasteiger charge is 2.13. The first kappa shape index (κ1) is 13.6. The zero-order valence-corrected chi connectivity index (χ0v) is 10.4. The number of hydrogen-bond acceptors (Lipinski definition) is 3. The number of aldehydes is 1. The van der Waals surface area contributed by atoms with E-state index in [9.17, 15) is 9.18 Å². The lowest BCUT2D eigenvalue weighted by molar-refractivity contribution is 0.111. The minimum absolute atomic E-state index is 0.00879. The first-order chi connectivity index (χ1) is 8.10. The highest BCUT2D eigenvalue weighted by Crippen LogP contribution is 2.26. The van der Waals surface area contributed by atoms with Crippen molar-refractivity contribution in [2.24, 2.45) is 0 Å². The fraction of sp³-hybridized carbons (Fsp3) is 0.462. The van der Waals surface area contributed by atoms with Crippen LogP contribution in [0, 0.1) is 5.82 Å². The van der Waals surface area contributed by atoms with E-state index in [0.29, 0.717) is 25.2 Å². The average molecular weight is 239 g/mol. The standard InChI is InChI=1S/C13H18FNO2/c1-9(2)10-6-12(14)11(8-16)13(7-10)17-5-4-15-3/h6-9,15H,4-5H2,1-3H3. The molecule has 4 heteroatoms. The topological polar surface area (TPSA) is 38.3 Å². The van der Waals surface area contributed by atoms with Gasteiger partial charge in [0.2, 0.25) is 0 Å². The van der Waals surface area contributed by atoms with E-state index in [-0.39, 0.29) is 11.5 Å². The lowest BCUT2D eigenvalue weighted by Gasteiger charge is -2.13. The molecule has 1 rings (SSSR count). The molecule has 0 aliphatic heterocycles. The molecule has 1 aromatic carbocycles. The van der Waals surface area contributed by atoms with Crippen molar-refractivity contribution in [3.05, 3.63) is 29.1 Å². The van der Waals surface area contributed by atoms with Gasteiger partial charge in [0, 0.05) is 6.54 Å². The molecule has 0 radical (unpaired) electrons. The van der Waals surface area contributed by atoms with Crippen molar-refractivity contribution in [1.29, 1.82) is 0 Å². The van der Waals surface area contributed by atoms with E-state index < -0.39 is 5.82 Å². The molecule has 0 amide bonds. The molecule has 0 saturated carbocycles. The van der Waals surface area contributed by atoms with Crippen LogP contribution in [0.2, 0.25) is 0 Å². The first-order valence-electron chi connectivity index (χ1n) is 5.66. The van der Waals surface area contributed by atoms with E-state index in [4.69, 9.17) is 4.74 Å². The Bertz CT molecular complexity index is 391. The van der Waals surface area contributed by atoms with Crippen molar-refractivity contribution in [2.45, 2.75) is 19.8 Å². The number of carbonyl (C=O) groups excluding carboxylic acids is 1. The van der Waals surface area contributed by atoms with E-state index in [1.54, 1.807) is 13.1 Å². The van der Waals surface area contributed by atoms with E-state index in [2.05, 4.69) is 5.32 Å². The van der Waals surface area contributed by atoms with Crippen LogP contribution in [-0.4, -0.2) is 26.5 Å². The van der Waals surface area contributed by atoms with Crippen LogP contribution in [0.5, 0.6) is 5.75 Å². The van der Waals surface area contributed by atoms with Crippen LogP contribution in [0.25, 0.3) is 0 Å². The van der Waals surface area contributed by atoms with Gasteiger partial charge < -0.3 is 10.1 Å². The Hall–Kier alpha value is -1.42. The molecule has 0 aliphatic rings. The second kappa shape index (κ2) is 6.35. The molecule has 1 N–H and O–H groups in total. The molecule has 0 bridgehead atoms. The quantitative estimate of drug-likeness (QED) is 0.611. The Morgan fingerprint density at radius 3 is 2.71 bits per heavy atom. The van der Waals surface area contributed by atoms with Gasteiger partial charge in [0.1, 0.15) is 18.2 Å². The molecular formula is C13H18FNO2. The van der Waals surface area contributed by atoms with Crippen molar-refractivity contribution in [2.75, 3.05) is 20.2 Å². The third-order valence-corrected chi connectivity index (χ3v) is 2.51. The summed E-state index contributed by atoms with van der Waals surface area (Å²) >= 11 is 0. The third-order valence-electron chi connectivity index (χ3n) is 2.51. The zero-order valence-electron chi connectivity index (χ0n) is 10.4. The first-order valence-corrected chi connectivity index (χ1v) is 5.66. The Morgan fingerprint density at radius 1 is 1.47 bits per heavy atom. The van der Waals surface area contributed by atoms with Gasteiger partial charge in [-0.15, -0.1) is 0 Å². The van der Waals surface area contributed by atoms with Crippen molar-refractivity contribution >= 4 is 6.29 Å². The van der Waals surface area contributed by atoms with E-state index in [0.717, 1.165) is 5.56 Å². The number of nitrogens with one attached hydrogen (secondary N) is 1. The molecule has 17 heavy (non-hydrogen) atoms. The lowest BCUT2D eigenvalue weighted by Crippen LogP contribution is -2.16. The highest BCUT2D eigenvalue weighted by atomic mass is 19.1. The molecule has 0 aliphatic carbocycles. The van der Waals surface area contributed by atoms with Crippen LogP contribution in [0.1, 0.15) is 35.7 Å². The van der Waals surface area contributed by atoms with Crippen LogP contribution in [0.4, 0.5) is 4.39 Å². The molecule has 0 spiro atoms. The summed E-state index contributed by atoms with van der Waals surface area (Å²) in [5, 5.41) is 2.92. The Balaban J connectivity index is 3.01. The van der Waals surface area contributed by atoms with Crippen molar-refractivity contribution < 1.29 is 13.9 Å². The summed E-state index contributed by atoms with van der Waals surface area (Å²) in [5.74, 6) is -0.0125. The van der Waals surface area contributed by atoms with Crippen molar-refractivity contribution in [1.82, 2.24) is 5.32 Å². The Kier molecular flexibility index (Phi) is 5.10. The SMILES string of the molecule is CNCCOc1cc(C(C)C)cc(F)c1C=O. The number of hydrogen-bond donors (Lipinski definition) is 1. The lowest BCUT2D eigenvalue weighted by atomic mass is 10.0. The van der Waals surface area contributed by atoms with Gasteiger partial charge >= 0.3 is 0 Å². The maximum atomic E-state index is 13.7. The molecule has 0 saturated heterocycles. The zero-order chi connectivity index (χ0) is 12.8. The maximum Gasteiger partial charge on any atom is 0.156 e. The Labute approximate surface area is 101 Å². The van der Waals surface area contributed by atoms with Gasteiger partial charge in [0.15, 0.2) is 6.29 Å². The summed E-state index contributed by atoms with van der Waals surface area (Å²) < 4.78 is 19.1. The largest absolute Gasteiger partial charge is 0.491 e. The van der Waals surface area contributed by atoms with Crippen LogP contribution >= 0.6 is 0 Å². The summed E-state index contributed by atoms with van der Waals surface area (Å²) in [6.45, 7) is 4.98. The van der Waals surface area contributed by atoms with Gasteiger partial charge in [-0.3, -0.25) is 4.79 Å². The predicted molar refractivity (Wildman–Crippen MR) is 65.3 cm³/mol. The summed E-state index contributed by atoms with van der Waals surface area (Å²) in [7, 11) is 1.80. The van der Waals surface area contributed by atoms with Crippen molar-refractivity contribution in [3.63, 3.8) is 0 Å². The molecule has 0 aromatic heterocycles. The fourth-order valence-electron chi connectivity index (χ4n) is 1.44. The van der Waals surface area contributed by atoms with Gasteiger partial charge in [0.25, 0.3) is 0 Å². The molecular weight excluding hydrogens is 221 g/mol. The number of likely N-dealkylation sites (N-methyl/N-ethyl adjacent to an activating group) is 1. The summed E-state index contributed by atoms with van der Waals surface area (Å²) in [4.78, 5) is 10.8. The molecule has 94 valence electrons. The summed E-state index contributed by atoms with van der Waals surface area (Å²) in [5.41, 5.74) is 0.818. The Morgan fingerprint density at radius 2 is 2.18 bits per heavy atom. The molecule has 0 heterocycles. The number of halogens is 1. The van der Waals surface area contributed by atoms with Gasteiger partial charge in [0.05, 0.1) is 5.56 Å². The van der Waals surface area contributed by atoms with Crippen molar-refractivity contribution in [3.8, 4) is 5.75 Å². The van der Waals surface area contributed by atoms with Crippen LogP contribution in [0.15, 0.2) is 12.1 Å². The van der Waals surface area contributed by atoms with Gasteiger partial charge in [-0.05, 0) is 30.7 Å². The average Bonchev–Trinajstić information content (AvgIpc) is 2.28. The fourth-order valence-corrected chi connectivity index (χ4v) is 1.44. The normalized spacial score (nSPS) is 10.6. The van der Waals surface area contributed by atoms with Gasteiger partial charge in [-0.2, -0.15) is 0 Å². The van der Waals surface area contributed by atoms with Gasteiger partial charge in [-0.25, -0.2) is 4.39 Å². The van der Waals surface area contributed by atoms with E-state index in [1.807, 2.05) is 13.8 Å². The molecule has 3 nitrogen and oxygen atoms in total. The minimum atomic E-state index is -0.523. The highest BCUT2D eigenvalue weighted by molar-refractivity contribution is 5.80. The van der Waals surface area contributed by atoms with E-state index in [1.165, 1.54) is 6.07 Å². The van der Waals surface area contributed by atoms with Crippen LogP contribution in [0.3, 0.4) is 0 Å². The third kappa shape index (κ3) is 3.53. The predicted octanol–water partition coefficient (Wildman–Crippen LogP) is 2.36. The number of ether oxygens (including phenoxy) is 1. The molecule has 0 fully saturated rings. The number of carbonyl (C=O) groups is 1. The molecule has 0 unspecified atom stereocenters. The van der Waals surface area contributed by atoms with Crippen LogP contribution < -0.4 is 10.1 Å². The second-order valence-electron chi connectivity index (χ2n) is 4.14. The summed E-state index contributed by atoms with van der Waals surface area (Å²) in [6, 6.07) is 3.12. The smallest absolute Gasteiger partial charge is 0.156 e. The number of rotatable bonds is 6. The second-order valence-corrected chi connectivity index (χ2v) is 4.14. The van der Waals surface area contributed by atoms with E-state index >= 15 is 0 Å².